The van der Waals surface area contributed by atoms with Crippen LogP contribution in [0.3, 0.4) is 0 Å². The van der Waals surface area contributed by atoms with E-state index in [2.05, 4.69) is 15.6 Å². The van der Waals surface area contributed by atoms with E-state index in [1.165, 1.54) is 17.0 Å². The Morgan fingerprint density at radius 2 is 1.89 bits per heavy atom. The molecule has 3 aromatic rings. The zero-order valence-electron chi connectivity index (χ0n) is 19.6. The molecule has 2 atom stereocenters. The minimum atomic E-state index is -1.10. The lowest BCUT2D eigenvalue weighted by Crippen LogP contribution is -2.53. The first-order chi connectivity index (χ1) is 17.3. The number of halogens is 1. The van der Waals surface area contributed by atoms with E-state index in [0.29, 0.717) is 30.8 Å². The van der Waals surface area contributed by atoms with E-state index in [-0.39, 0.29) is 24.8 Å². The number of fused-ring (bicyclic) bond motifs is 1. The summed E-state index contributed by atoms with van der Waals surface area (Å²) >= 11 is 0. The molecule has 2 aromatic carbocycles. The molecule has 0 radical (unpaired) electrons. The number of anilines is 1. The zero-order valence-corrected chi connectivity index (χ0v) is 19.6. The summed E-state index contributed by atoms with van der Waals surface area (Å²) in [4.78, 5) is 43.1. The van der Waals surface area contributed by atoms with Gasteiger partial charge in [-0.2, -0.15) is 0 Å². The summed E-state index contributed by atoms with van der Waals surface area (Å²) in [6.07, 6.45) is 2.98. The second kappa shape index (κ2) is 11.1. The number of nitrogen functional groups attached to an aromatic ring is 1. The highest BCUT2D eigenvalue weighted by molar-refractivity contribution is 5.92. The maximum absolute atomic E-state index is 13.4. The monoisotopic (exact) mass is 493 g/mol. The Labute approximate surface area is 207 Å². The van der Waals surface area contributed by atoms with Gasteiger partial charge in [-0.25, -0.2) is 9.37 Å². The normalized spacial score (nSPS) is 16.1. The van der Waals surface area contributed by atoms with Gasteiger partial charge < -0.3 is 21.1 Å². The summed E-state index contributed by atoms with van der Waals surface area (Å²) in [7, 11) is 0. The number of aromatic nitrogens is 1. The van der Waals surface area contributed by atoms with Crippen LogP contribution in [0.4, 0.5) is 10.2 Å². The Bertz CT molecular complexity index is 1270. The molecule has 5 N–H and O–H groups in total. The second-order valence-electron chi connectivity index (χ2n) is 8.82. The van der Waals surface area contributed by atoms with Gasteiger partial charge >= 0.3 is 5.97 Å². The number of nitrogens with one attached hydrogen (secondary N) is 2. The third kappa shape index (κ3) is 5.95. The van der Waals surface area contributed by atoms with E-state index < -0.39 is 30.4 Å². The second-order valence-corrected chi connectivity index (χ2v) is 8.82. The topological polar surface area (TPSA) is 138 Å². The van der Waals surface area contributed by atoms with Gasteiger partial charge in [0.15, 0.2) is 0 Å². The van der Waals surface area contributed by atoms with Crippen LogP contribution < -0.4 is 16.4 Å². The third-order valence-electron chi connectivity index (χ3n) is 6.32. The lowest BCUT2D eigenvalue weighted by molar-refractivity contribution is -0.141. The smallest absolute Gasteiger partial charge is 0.317 e. The number of aliphatic carboxylic acids is 1. The van der Waals surface area contributed by atoms with Gasteiger partial charge in [0.25, 0.3) is 0 Å². The molecule has 1 fully saturated rings. The SMILES string of the molecule is Nc1nccc2cc(CNC(=O)[C@@H]3CCCN3C(=O)[C@@H](Cc3ccc(F)cc3)NCC(=O)O)ccc12. The summed E-state index contributed by atoms with van der Waals surface area (Å²) in [5.74, 6) is -1.69. The molecule has 36 heavy (non-hydrogen) atoms. The molecule has 0 saturated carbocycles. The van der Waals surface area contributed by atoms with Crippen LogP contribution in [-0.4, -0.2) is 57.9 Å². The fourth-order valence-corrected chi connectivity index (χ4v) is 4.48. The number of carboxylic acid groups (broad SMARTS) is 1. The fourth-order valence-electron chi connectivity index (χ4n) is 4.48. The van der Waals surface area contributed by atoms with Gasteiger partial charge in [0.1, 0.15) is 17.7 Å². The van der Waals surface area contributed by atoms with Crippen molar-refractivity contribution in [2.24, 2.45) is 0 Å². The number of likely N-dealkylation sites (tertiary alicyclic amines) is 1. The van der Waals surface area contributed by atoms with Crippen molar-refractivity contribution < 1.29 is 23.9 Å². The van der Waals surface area contributed by atoms with Crippen LogP contribution in [-0.2, 0) is 27.3 Å². The first-order valence-corrected chi connectivity index (χ1v) is 11.7. The molecule has 4 rings (SSSR count). The quantitative estimate of drug-likeness (QED) is 0.357. The zero-order chi connectivity index (χ0) is 25.7. The van der Waals surface area contributed by atoms with E-state index in [0.717, 1.165) is 16.3 Å². The van der Waals surface area contributed by atoms with Crippen LogP contribution in [0, 0.1) is 5.82 Å². The van der Waals surface area contributed by atoms with Crippen molar-refractivity contribution in [2.45, 2.75) is 37.9 Å². The van der Waals surface area contributed by atoms with Crippen LogP contribution in [0.15, 0.2) is 54.7 Å². The number of carboxylic acids is 1. The van der Waals surface area contributed by atoms with Crippen molar-refractivity contribution in [1.82, 2.24) is 20.5 Å². The first-order valence-electron chi connectivity index (χ1n) is 11.7. The van der Waals surface area contributed by atoms with Gasteiger partial charge in [0, 0.05) is 24.7 Å². The molecule has 0 aliphatic carbocycles. The van der Waals surface area contributed by atoms with E-state index in [9.17, 15) is 18.8 Å². The van der Waals surface area contributed by atoms with Crippen molar-refractivity contribution in [1.29, 1.82) is 0 Å². The molecule has 2 heterocycles. The Hall–Kier alpha value is -4.05. The van der Waals surface area contributed by atoms with Crippen molar-refractivity contribution >= 4 is 34.4 Å². The number of hydrogen-bond acceptors (Lipinski definition) is 6. The minimum Gasteiger partial charge on any atom is -0.480 e. The van der Waals surface area contributed by atoms with Gasteiger partial charge in [-0.15, -0.1) is 0 Å². The van der Waals surface area contributed by atoms with Crippen molar-refractivity contribution in [2.75, 3.05) is 18.8 Å². The highest BCUT2D eigenvalue weighted by atomic mass is 19.1. The summed E-state index contributed by atoms with van der Waals surface area (Å²) < 4.78 is 13.3. The maximum Gasteiger partial charge on any atom is 0.317 e. The molecular formula is C26H28FN5O4. The summed E-state index contributed by atoms with van der Waals surface area (Å²) in [6.45, 7) is 0.268. The summed E-state index contributed by atoms with van der Waals surface area (Å²) in [5.41, 5.74) is 7.46. The average Bonchev–Trinajstić information content (AvgIpc) is 3.36. The largest absolute Gasteiger partial charge is 0.480 e. The number of rotatable bonds is 9. The van der Waals surface area contributed by atoms with Gasteiger partial charge in [-0.3, -0.25) is 19.7 Å². The fraction of sp³-hybridized carbons (Fsp3) is 0.308. The third-order valence-corrected chi connectivity index (χ3v) is 6.32. The van der Waals surface area contributed by atoms with Crippen LogP contribution in [0.2, 0.25) is 0 Å². The minimum absolute atomic E-state index is 0.173. The van der Waals surface area contributed by atoms with Crippen LogP contribution >= 0.6 is 0 Å². The molecule has 0 unspecified atom stereocenters. The number of carbonyl (C=O) groups excluding carboxylic acids is 2. The number of nitrogens with zero attached hydrogens (tertiary/aromatic N) is 2. The highest BCUT2D eigenvalue weighted by Gasteiger charge is 2.37. The lowest BCUT2D eigenvalue weighted by atomic mass is 10.0. The van der Waals surface area contributed by atoms with Gasteiger partial charge in [0.2, 0.25) is 11.8 Å². The van der Waals surface area contributed by atoms with Crippen molar-refractivity contribution in [3.8, 4) is 0 Å². The molecule has 2 amide bonds. The average molecular weight is 494 g/mol. The molecule has 1 aromatic heterocycles. The van der Waals surface area contributed by atoms with E-state index >= 15 is 0 Å². The molecule has 188 valence electrons. The molecule has 9 nitrogen and oxygen atoms in total. The number of amides is 2. The predicted molar refractivity (Wildman–Crippen MR) is 132 cm³/mol. The van der Waals surface area contributed by atoms with Crippen LogP contribution in [0.5, 0.6) is 0 Å². The Kier molecular flexibility index (Phi) is 7.74. The Morgan fingerprint density at radius 3 is 2.64 bits per heavy atom. The molecule has 10 heteroatoms. The van der Waals surface area contributed by atoms with Crippen LogP contribution in [0.25, 0.3) is 10.8 Å². The maximum atomic E-state index is 13.4. The number of benzene rings is 2. The molecule has 0 spiro atoms. The van der Waals surface area contributed by atoms with Gasteiger partial charge in [0.05, 0.1) is 12.6 Å². The van der Waals surface area contributed by atoms with E-state index in [4.69, 9.17) is 10.8 Å². The number of pyridine rings is 1. The molecule has 1 saturated heterocycles. The molecule has 0 bridgehead atoms. The standard InChI is InChI=1S/C26H28FN5O4/c27-19-6-3-16(4-7-19)13-21(30-15-23(33)34)26(36)32-11-1-2-22(32)25(35)31-14-17-5-8-20-18(12-17)9-10-29-24(20)28/h3-10,12,21-22,30H,1-2,11,13-15H2,(H2,28,29)(H,31,35)(H,33,34)/t21-,22+/m1/s1. The number of carbonyl (C=O) groups is 3. The van der Waals surface area contributed by atoms with Crippen LogP contribution in [0.1, 0.15) is 24.0 Å². The summed E-state index contributed by atoms with van der Waals surface area (Å²) in [5, 5.41) is 16.5. The number of hydrogen-bond donors (Lipinski definition) is 4. The predicted octanol–water partition coefficient (Wildman–Crippen LogP) is 1.85. The summed E-state index contributed by atoms with van der Waals surface area (Å²) in [6, 6.07) is 11.7. The van der Waals surface area contributed by atoms with Crippen molar-refractivity contribution in [3.05, 3.63) is 71.7 Å². The Balaban J connectivity index is 1.43. The van der Waals surface area contributed by atoms with E-state index in [1.807, 2.05) is 24.3 Å². The first kappa shape index (κ1) is 25.1. The molecule has 1 aliphatic rings. The van der Waals surface area contributed by atoms with Crippen molar-refractivity contribution in [3.63, 3.8) is 0 Å². The molecule has 1 aliphatic heterocycles. The lowest BCUT2D eigenvalue weighted by Gasteiger charge is -2.28. The number of nitrogens with two attached hydrogens (primary N) is 1. The highest BCUT2D eigenvalue weighted by Crippen LogP contribution is 2.22. The van der Waals surface area contributed by atoms with Gasteiger partial charge in [-0.05, 0) is 60.0 Å². The Morgan fingerprint density at radius 1 is 1.14 bits per heavy atom. The van der Waals surface area contributed by atoms with Gasteiger partial charge in [-0.1, -0.05) is 24.3 Å². The van der Waals surface area contributed by atoms with E-state index in [1.54, 1.807) is 18.3 Å². The molecular weight excluding hydrogens is 465 g/mol.